The Morgan fingerprint density at radius 1 is 1.00 bits per heavy atom. The monoisotopic (exact) mass is 382 g/mol. The van der Waals surface area contributed by atoms with E-state index in [1.807, 2.05) is 52.0 Å². The molecule has 4 rings (SSSR count). The van der Waals surface area contributed by atoms with Crippen LogP contribution in [0.5, 0.6) is 17.2 Å². The number of aryl methyl sites for hydroxylation is 1. The van der Waals surface area contributed by atoms with Crippen molar-refractivity contribution in [2.24, 2.45) is 0 Å². The summed E-state index contributed by atoms with van der Waals surface area (Å²) in [7, 11) is 0. The Morgan fingerprint density at radius 3 is 2.43 bits per heavy atom. The molecule has 2 atom stereocenters. The molecule has 0 spiro atoms. The predicted octanol–water partition coefficient (Wildman–Crippen LogP) is 4.25. The minimum Gasteiger partial charge on any atom is -0.507 e. The van der Waals surface area contributed by atoms with Crippen LogP contribution in [0.1, 0.15) is 47.6 Å². The minimum absolute atomic E-state index is 0.291. The lowest BCUT2D eigenvalue weighted by Gasteiger charge is -2.49. The van der Waals surface area contributed by atoms with Gasteiger partial charge in [0.05, 0.1) is 0 Å². The Balaban J connectivity index is 1.82. The summed E-state index contributed by atoms with van der Waals surface area (Å²) in [5.74, 6) is 0.586. The predicted molar refractivity (Wildman–Crippen MR) is 105 cm³/mol. The van der Waals surface area contributed by atoms with Crippen molar-refractivity contribution >= 4 is 5.97 Å². The fourth-order valence-electron chi connectivity index (χ4n) is 4.64. The Morgan fingerprint density at radius 2 is 1.71 bits per heavy atom. The molecule has 0 radical (unpaired) electrons. The van der Waals surface area contributed by atoms with Crippen molar-refractivity contribution in [1.82, 2.24) is 0 Å². The van der Waals surface area contributed by atoms with Crippen LogP contribution >= 0.6 is 0 Å². The molecule has 2 N–H and O–H groups in total. The van der Waals surface area contributed by atoms with Crippen LogP contribution < -0.4 is 9.47 Å². The van der Waals surface area contributed by atoms with Crippen LogP contribution in [0.4, 0.5) is 0 Å². The maximum absolute atomic E-state index is 12.5. The lowest BCUT2D eigenvalue weighted by Crippen LogP contribution is -2.66. The van der Waals surface area contributed by atoms with Gasteiger partial charge in [0, 0.05) is 12.0 Å². The van der Waals surface area contributed by atoms with Crippen molar-refractivity contribution in [3.05, 3.63) is 52.1 Å². The van der Waals surface area contributed by atoms with E-state index in [0.717, 1.165) is 27.8 Å². The second-order valence-electron chi connectivity index (χ2n) is 8.21. The average molecular weight is 382 g/mol. The van der Waals surface area contributed by atoms with Crippen molar-refractivity contribution in [3.63, 3.8) is 0 Å². The van der Waals surface area contributed by atoms with Crippen LogP contribution in [0.25, 0.3) is 0 Å². The van der Waals surface area contributed by atoms with Crippen LogP contribution in [-0.2, 0) is 17.6 Å². The number of para-hydroxylation sites is 1. The summed E-state index contributed by atoms with van der Waals surface area (Å²) in [6.45, 7) is 7.49. The van der Waals surface area contributed by atoms with Gasteiger partial charge in [-0.25, -0.2) is 4.79 Å². The van der Waals surface area contributed by atoms with Crippen molar-refractivity contribution in [3.8, 4) is 17.2 Å². The maximum atomic E-state index is 12.5. The molecule has 0 saturated carbocycles. The van der Waals surface area contributed by atoms with Crippen LogP contribution in [-0.4, -0.2) is 27.4 Å². The second kappa shape index (κ2) is 6.16. The molecule has 2 aromatic rings. The van der Waals surface area contributed by atoms with E-state index in [9.17, 15) is 15.0 Å². The molecule has 28 heavy (non-hydrogen) atoms. The summed E-state index contributed by atoms with van der Waals surface area (Å²) >= 11 is 0. The van der Waals surface area contributed by atoms with Crippen LogP contribution in [0.2, 0.25) is 0 Å². The zero-order valence-electron chi connectivity index (χ0n) is 16.8. The highest BCUT2D eigenvalue weighted by molar-refractivity contribution is 5.81. The van der Waals surface area contributed by atoms with Crippen molar-refractivity contribution in [2.45, 2.75) is 64.6 Å². The Kier molecular flexibility index (Phi) is 4.11. The second-order valence-corrected chi connectivity index (χ2v) is 8.21. The van der Waals surface area contributed by atoms with E-state index in [1.54, 1.807) is 0 Å². The standard InChI is InChI=1S/C23H26O5/c1-13-14(2)20-17(15(3)19(13)24)10-11-22(4,28-20)23(21(25)26)12-9-16-7-5-6-8-18(16)27-23/h5-8,24H,9-12H2,1-4H3,(H,25,26). The van der Waals surface area contributed by atoms with Gasteiger partial charge in [-0.3, -0.25) is 0 Å². The van der Waals surface area contributed by atoms with E-state index >= 15 is 0 Å². The third-order valence-electron chi connectivity index (χ3n) is 6.72. The first-order valence-electron chi connectivity index (χ1n) is 9.71. The number of aliphatic carboxylic acids is 1. The highest BCUT2D eigenvalue weighted by atomic mass is 16.6. The number of phenolic OH excluding ortho intramolecular Hbond substituents is 1. The molecule has 2 aliphatic rings. The van der Waals surface area contributed by atoms with Gasteiger partial charge in [0.25, 0.3) is 0 Å². The summed E-state index contributed by atoms with van der Waals surface area (Å²) in [5.41, 5.74) is 1.90. The van der Waals surface area contributed by atoms with Gasteiger partial charge in [-0.2, -0.15) is 0 Å². The maximum Gasteiger partial charge on any atom is 0.352 e. The zero-order chi connectivity index (χ0) is 20.3. The molecule has 2 aromatic carbocycles. The van der Waals surface area contributed by atoms with E-state index in [2.05, 4.69) is 0 Å². The van der Waals surface area contributed by atoms with E-state index in [1.165, 1.54) is 0 Å². The number of carboxylic acids is 1. The smallest absolute Gasteiger partial charge is 0.352 e. The zero-order valence-corrected chi connectivity index (χ0v) is 16.8. The number of carbonyl (C=O) groups is 1. The molecule has 5 nitrogen and oxygen atoms in total. The van der Waals surface area contributed by atoms with Gasteiger partial charge in [0.1, 0.15) is 17.2 Å². The third-order valence-corrected chi connectivity index (χ3v) is 6.72. The van der Waals surface area contributed by atoms with Crippen molar-refractivity contribution < 1.29 is 24.5 Å². The summed E-state index contributed by atoms with van der Waals surface area (Å²) in [6, 6.07) is 7.59. The van der Waals surface area contributed by atoms with Crippen molar-refractivity contribution in [1.29, 1.82) is 0 Å². The SMILES string of the molecule is Cc1c(C)c2c(c(C)c1O)CCC(C)(C1(C(=O)O)CCc3ccccc3O1)O2. The largest absolute Gasteiger partial charge is 0.507 e. The first-order valence-corrected chi connectivity index (χ1v) is 9.71. The molecule has 0 aromatic heterocycles. The van der Waals surface area contributed by atoms with Gasteiger partial charge in [0.2, 0.25) is 5.60 Å². The number of hydrogen-bond acceptors (Lipinski definition) is 4. The molecular formula is C23H26O5. The third kappa shape index (κ3) is 2.42. The fourth-order valence-corrected chi connectivity index (χ4v) is 4.64. The molecule has 0 bridgehead atoms. The Bertz CT molecular complexity index is 979. The number of carboxylic acid groups (broad SMARTS) is 1. The number of ether oxygens (including phenoxy) is 2. The average Bonchev–Trinajstić information content (AvgIpc) is 2.69. The molecule has 2 unspecified atom stereocenters. The van der Waals surface area contributed by atoms with Gasteiger partial charge in [-0.05, 0) is 75.3 Å². The molecule has 0 amide bonds. The van der Waals surface area contributed by atoms with Crippen LogP contribution in [0.3, 0.4) is 0 Å². The Labute approximate surface area is 164 Å². The van der Waals surface area contributed by atoms with Gasteiger partial charge in [-0.15, -0.1) is 0 Å². The number of fused-ring (bicyclic) bond motifs is 2. The van der Waals surface area contributed by atoms with Crippen LogP contribution in [0, 0.1) is 20.8 Å². The van der Waals surface area contributed by atoms with Gasteiger partial charge < -0.3 is 19.7 Å². The minimum atomic E-state index is -1.47. The fraction of sp³-hybridized carbons (Fsp3) is 0.435. The molecule has 148 valence electrons. The lowest BCUT2D eigenvalue weighted by molar-refractivity contribution is -0.183. The number of hydrogen-bond donors (Lipinski definition) is 2. The molecular weight excluding hydrogens is 356 g/mol. The molecule has 2 aliphatic heterocycles. The molecule has 2 heterocycles. The lowest BCUT2D eigenvalue weighted by atomic mass is 9.73. The number of rotatable bonds is 2. The normalized spacial score (nSPS) is 25.9. The summed E-state index contributed by atoms with van der Waals surface area (Å²) in [4.78, 5) is 12.5. The van der Waals surface area contributed by atoms with E-state index in [0.29, 0.717) is 42.9 Å². The molecule has 0 saturated heterocycles. The summed E-state index contributed by atoms with van der Waals surface area (Å²) in [6.07, 6.45) is 2.10. The number of benzene rings is 2. The topological polar surface area (TPSA) is 76.0 Å². The van der Waals surface area contributed by atoms with E-state index in [4.69, 9.17) is 9.47 Å². The summed E-state index contributed by atoms with van der Waals surface area (Å²) in [5, 5.41) is 20.7. The van der Waals surface area contributed by atoms with Gasteiger partial charge in [-0.1, -0.05) is 18.2 Å². The van der Waals surface area contributed by atoms with Crippen LogP contribution in [0.15, 0.2) is 24.3 Å². The van der Waals surface area contributed by atoms with E-state index in [-0.39, 0.29) is 0 Å². The Hall–Kier alpha value is -2.69. The highest BCUT2D eigenvalue weighted by Crippen LogP contribution is 2.49. The quantitative estimate of drug-likeness (QED) is 0.812. The van der Waals surface area contributed by atoms with Gasteiger partial charge >= 0.3 is 5.97 Å². The first-order chi connectivity index (χ1) is 13.2. The first kappa shape index (κ1) is 18.7. The summed E-state index contributed by atoms with van der Waals surface area (Å²) < 4.78 is 12.7. The molecule has 5 heteroatoms. The molecule has 0 fully saturated rings. The highest BCUT2D eigenvalue weighted by Gasteiger charge is 2.61. The van der Waals surface area contributed by atoms with Crippen molar-refractivity contribution in [2.75, 3.05) is 0 Å². The number of aromatic hydroxyl groups is 1. The number of phenols is 1. The van der Waals surface area contributed by atoms with E-state index < -0.39 is 17.2 Å². The molecule has 0 aliphatic carbocycles. The van der Waals surface area contributed by atoms with Gasteiger partial charge in [0.15, 0.2) is 5.60 Å².